The maximum absolute atomic E-state index is 5.68. The van der Waals surface area contributed by atoms with Gasteiger partial charge in [-0.25, -0.2) is 15.4 Å². The summed E-state index contributed by atoms with van der Waals surface area (Å²) >= 11 is 0. The summed E-state index contributed by atoms with van der Waals surface area (Å²) < 4.78 is 11.3. The molecule has 0 spiro atoms. The van der Waals surface area contributed by atoms with Crippen LogP contribution in [0.5, 0.6) is 11.5 Å². The molecule has 21 heavy (non-hydrogen) atoms. The normalized spacial score (nSPS) is 14.4. The van der Waals surface area contributed by atoms with Gasteiger partial charge in [-0.2, -0.15) is 5.10 Å². The summed E-state index contributed by atoms with van der Waals surface area (Å²) in [6.45, 7) is 3.27. The Morgan fingerprint density at radius 1 is 1.14 bits per heavy atom. The zero-order valence-electron chi connectivity index (χ0n) is 11.7. The summed E-state index contributed by atoms with van der Waals surface area (Å²) in [4.78, 5) is 8.11. The summed E-state index contributed by atoms with van der Waals surface area (Å²) in [5.74, 6) is 2.00. The number of benzene rings is 1. The van der Waals surface area contributed by atoms with Crippen LogP contribution in [0.4, 0.5) is 5.95 Å². The van der Waals surface area contributed by atoms with Gasteiger partial charge in [0.1, 0.15) is 0 Å². The highest BCUT2D eigenvalue weighted by Crippen LogP contribution is 2.30. The lowest BCUT2D eigenvalue weighted by molar-refractivity contribution is 0.297. The standard InChI is InChI=1S/C15H16N4O2/c1-11(18-19-15-16-6-2-7-17-15)12-4-5-13-14(10-12)21-9-3-8-20-13/h2,4-7,10H,3,8-9H2,1H3,(H,16,17,19). The highest BCUT2D eigenvalue weighted by Gasteiger charge is 2.11. The second-order valence-corrected chi connectivity index (χ2v) is 4.59. The Hall–Kier alpha value is -2.63. The molecule has 0 saturated carbocycles. The fourth-order valence-electron chi connectivity index (χ4n) is 1.94. The SMILES string of the molecule is CC(=NNc1ncccn1)c1ccc2c(c1)OCCCO2. The summed E-state index contributed by atoms with van der Waals surface area (Å²) in [5.41, 5.74) is 4.61. The van der Waals surface area contributed by atoms with Crippen molar-refractivity contribution in [1.82, 2.24) is 9.97 Å². The molecule has 6 heteroatoms. The van der Waals surface area contributed by atoms with Crippen molar-refractivity contribution >= 4 is 11.7 Å². The average Bonchev–Trinajstić information content (AvgIpc) is 2.78. The number of aromatic nitrogens is 2. The third kappa shape index (κ3) is 3.28. The minimum atomic E-state index is 0.464. The largest absolute Gasteiger partial charge is 0.490 e. The molecule has 0 aliphatic carbocycles. The highest BCUT2D eigenvalue weighted by molar-refractivity contribution is 5.99. The molecule has 0 saturated heterocycles. The van der Waals surface area contributed by atoms with E-state index in [1.54, 1.807) is 18.5 Å². The molecule has 0 bridgehead atoms. The molecule has 2 heterocycles. The predicted molar refractivity (Wildman–Crippen MR) is 79.9 cm³/mol. The number of anilines is 1. The van der Waals surface area contributed by atoms with Crippen molar-refractivity contribution in [2.24, 2.45) is 5.10 Å². The van der Waals surface area contributed by atoms with E-state index < -0.39 is 0 Å². The van der Waals surface area contributed by atoms with Crippen molar-refractivity contribution in [2.75, 3.05) is 18.6 Å². The predicted octanol–water partition coefficient (Wildman–Crippen LogP) is 2.47. The fraction of sp³-hybridized carbons (Fsp3) is 0.267. The van der Waals surface area contributed by atoms with E-state index in [4.69, 9.17) is 9.47 Å². The van der Waals surface area contributed by atoms with Crippen LogP contribution in [0.1, 0.15) is 18.9 Å². The molecule has 1 aliphatic heterocycles. The zero-order chi connectivity index (χ0) is 14.5. The quantitative estimate of drug-likeness (QED) is 0.692. The molecule has 3 rings (SSSR count). The third-order valence-corrected chi connectivity index (χ3v) is 3.05. The summed E-state index contributed by atoms with van der Waals surface area (Å²) in [6, 6.07) is 7.56. The van der Waals surface area contributed by atoms with Gasteiger partial charge in [-0.3, -0.25) is 0 Å². The monoisotopic (exact) mass is 284 g/mol. The molecule has 1 N–H and O–H groups in total. The van der Waals surface area contributed by atoms with Crippen LogP contribution >= 0.6 is 0 Å². The van der Waals surface area contributed by atoms with E-state index in [1.165, 1.54) is 0 Å². The number of ether oxygens (including phenoxy) is 2. The molecule has 0 fully saturated rings. The molecule has 1 aliphatic rings. The minimum Gasteiger partial charge on any atom is -0.490 e. The Morgan fingerprint density at radius 3 is 2.71 bits per heavy atom. The summed E-state index contributed by atoms with van der Waals surface area (Å²) in [6.07, 6.45) is 4.21. The lowest BCUT2D eigenvalue weighted by Gasteiger charge is -2.09. The molecule has 0 atom stereocenters. The van der Waals surface area contributed by atoms with E-state index in [0.29, 0.717) is 19.2 Å². The molecule has 0 amide bonds. The second kappa shape index (κ2) is 6.21. The van der Waals surface area contributed by atoms with Gasteiger partial charge in [0.25, 0.3) is 0 Å². The molecule has 1 aromatic heterocycles. The van der Waals surface area contributed by atoms with Crippen molar-refractivity contribution in [2.45, 2.75) is 13.3 Å². The number of fused-ring (bicyclic) bond motifs is 1. The Kier molecular flexibility index (Phi) is 3.95. The van der Waals surface area contributed by atoms with E-state index in [-0.39, 0.29) is 0 Å². The van der Waals surface area contributed by atoms with Crippen LogP contribution < -0.4 is 14.9 Å². The summed E-state index contributed by atoms with van der Waals surface area (Å²) in [7, 11) is 0. The van der Waals surface area contributed by atoms with Gasteiger partial charge in [-0.1, -0.05) is 0 Å². The Labute approximate surface area is 122 Å². The molecular weight excluding hydrogens is 268 g/mol. The lowest BCUT2D eigenvalue weighted by Crippen LogP contribution is -2.02. The number of hydrogen-bond acceptors (Lipinski definition) is 6. The summed E-state index contributed by atoms with van der Waals surface area (Å²) in [5, 5.41) is 4.28. The maximum atomic E-state index is 5.68. The second-order valence-electron chi connectivity index (χ2n) is 4.59. The van der Waals surface area contributed by atoms with Crippen LogP contribution in [-0.4, -0.2) is 28.9 Å². The Morgan fingerprint density at radius 2 is 1.90 bits per heavy atom. The van der Waals surface area contributed by atoms with Crippen molar-refractivity contribution < 1.29 is 9.47 Å². The Balaban J connectivity index is 1.78. The van der Waals surface area contributed by atoms with Crippen molar-refractivity contribution in [3.05, 3.63) is 42.2 Å². The van der Waals surface area contributed by atoms with Gasteiger partial charge in [-0.15, -0.1) is 0 Å². The van der Waals surface area contributed by atoms with Gasteiger partial charge in [0.2, 0.25) is 5.95 Å². The van der Waals surface area contributed by atoms with Crippen LogP contribution in [0.25, 0.3) is 0 Å². The number of nitrogens with one attached hydrogen (secondary N) is 1. The topological polar surface area (TPSA) is 68.6 Å². The number of hydrogen-bond donors (Lipinski definition) is 1. The van der Waals surface area contributed by atoms with E-state index in [9.17, 15) is 0 Å². The number of hydrazone groups is 1. The number of nitrogens with zero attached hydrogens (tertiary/aromatic N) is 3. The first-order chi connectivity index (χ1) is 10.3. The molecule has 0 radical (unpaired) electrons. The minimum absolute atomic E-state index is 0.464. The van der Waals surface area contributed by atoms with Gasteiger partial charge < -0.3 is 9.47 Å². The van der Waals surface area contributed by atoms with E-state index >= 15 is 0 Å². The lowest BCUT2D eigenvalue weighted by atomic mass is 10.1. The van der Waals surface area contributed by atoms with Gasteiger partial charge in [0, 0.05) is 24.4 Å². The average molecular weight is 284 g/mol. The number of rotatable bonds is 3. The van der Waals surface area contributed by atoms with Gasteiger partial charge in [-0.05, 0) is 31.2 Å². The maximum Gasteiger partial charge on any atom is 0.243 e. The van der Waals surface area contributed by atoms with Crippen LogP contribution in [0.15, 0.2) is 41.8 Å². The molecule has 2 aromatic rings. The van der Waals surface area contributed by atoms with Crippen LogP contribution in [0, 0.1) is 0 Å². The van der Waals surface area contributed by atoms with Gasteiger partial charge >= 0.3 is 0 Å². The molecular formula is C15H16N4O2. The fourth-order valence-corrected chi connectivity index (χ4v) is 1.94. The van der Waals surface area contributed by atoms with Gasteiger partial charge in [0.15, 0.2) is 11.5 Å². The van der Waals surface area contributed by atoms with Crippen LogP contribution in [0.3, 0.4) is 0 Å². The van der Waals surface area contributed by atoms with E-state index in [0.717, 1.165) is 29.2 Å². The molecule has 0 unspecified atom stereocenters. The van der Waals surface area contributed by atoms with Crippen molar-refractivity contribution in [1.29, 1.82) is 0 Å². The molecule has 6 nitrogen and oxygen atoms in total. The zero-order valence-corrected chi connectivity index (χ0v) is 11.7. The first-order valence-corrected chi connectivity index (χ1v) is 6.80. The van der Waals surface area contributed by atoms with Crippen molar-refractivity contribution in [3.8, 4) is 11.5 Å². The van der Waals surface area contributed by atoms with Gasteiger partial charge in [0.05, 0.1) is 18.9 Å². The van der Waals surface area contributed by atoms with Crippen LogP contribution in [0.2, 0.25) is 0 Å². The van der Waals surface area contributed by atoms with E-state index in [2.05, 4.69) is 20.5 Å². The molecule has 1 aromatic carbocycles. The molecule has 108 valence electrons. The van der Waals surface area contributed by atoms with E-state index in [1.807, 2.05) is 25.1 Å². The first-order valence-electron chi connectivity index (χ1n) is 6.80. The third-order valence-electron chi connectivity index (χ3n) is 3.05. The van der Waals surface area contributed by atoms with Crippen LogP contribution in [-0.2, 0) is 0 Å². The smallest absolute Gasteiger partial charge is 0.243 e. The first kappa shape index (κ1) is 13.4. The van der Waals surface area contributed by atoms with Crippen molar-refractivity contribution in [3.63, 3.8) is 0 Å². The Bertz CT molecular complexity index is 643. The highest BCUT2D eigenvalue weighted by atomic mass is 16.5.